The molecule has 0 aromatic heterocycles. The van der Waals surface area contributed by atoms with Crippen LogP contribution in [0.1, 0.15) is 29.6 Å². The Morgan fingerprint density at radius 3 is 2.39 bits per heavy atom. The summed E-state index contributed by atoms with van der Waals surface area (Å²) in [5, 5.41) is 0.624. The maximum absolute atomic E-state index is 13.4. The number of anilines is 1. The number of rotatable bonds is 4. The van der Waals surface area contributed by atoms with E-state index in [2.05, 4.69) is 18.0 Å². The number of ether oxygens (including phenoxy) is 1. The van der Waals surface area contributed by atoms with Gasteiger partial charge in [-0.25, -0.2) is 0 Å². The number of halogens is 2. The second kappa shape index (κ2) is 8.56. The van der Waals surface area contributed by atoms with Gasteiger partial charge in [0.05, 0.1) is 7.11 Å². The minimum Gasteiger partial charge on any atom is -1.00 e. The summed E-state index contributed by atoms with van der Waals surface area (Å²) >= 11 is 6.00. The normalized spacial score (nSPS) is 20.9. The number of fused-ring (bicyclic) bond motifs is 2. The smallest absolute Gasteiger partial charge is 0.262 e. The van der Waals surface area contributed by atoms with Crippen molar-refractivity contribution in [3.8, 4) is 5.75 Å². The van der Waals surface area contributed by atoms with E-state index in [9.17, 15) is 4.79 Å². The van der Waals surface area contributed by atoms with Crippen molar-refractivity contribution in [3.63, 3.8) is 0 Å². The van der Waals surface area contributed by atoms with Gasteiger partial charge in [-0.1, -0.05) is 11.6 Å². The van der Waals surface area contributed by atoms with Gasteiger partial charge in [-0.05, 0) is 74.5 Å². The van der Waals surface area contributed by atoms with Crippen LogP contribution in [0, 0.1) is 0 Å². The van der Waals surface area contributed by atoms with Gasteiger partial charge in [0.25, 0.3) is 5.91 Å². The van der Waals surface area contributed by atoms with E-state index in [1.165, 1.54) is 6.42 Å². The van der Waals surface area contributed by atoms with E-state index in [4.69, 9.17) is 16.3 Å². The molecule has 4 nitrogen and oxygen atoms in total. The average molecular weight is 418 g/mol. The summed E-state index contributed by atoms with van der Waals surface area (Å²) in [7, 11) is 3.82. The van der Waals surface area contributed by atoms with Crippen molar-refractivity contribution < 1.29 is 21.9 Å². The van der Waals surface area contributed by atoms with Crippen LogP contribution in [0.25, 0.3) is 0 Å². The van der Waals surface area contributed by atoms with Crippen molar-refractivity contribution in [1.82, 2.24) is 4.90 Å². The van der Waals surface area contributed by atoms with Crippen LogP contribution in [-0.2, 0) is 0 Å². The Hall–Kier alpha value is -2.01. The van der Waals surface area contributed by atoms with Gasteiger partial charge in [0.2, 0.25) is 0 Å². The van der Waals surface area contributed by atoms with Crippen LogP contribution in [0.15, 0.2) is 60.3 Å². The molecule has 2 bridgehead atoms. The highest BCUT2D eigenvalue weighted by atomic mass is 35.5. The molecule has 2 aromatic carbocycles. The molecule has 4 rings (SSSR count). The number of methoxy groups -OCH3 is 1. The minimum absolute atomic E-state index is 0. The van der Waals surface area contributed by atoms with Gasteiger partial charge < -0.3 is 17.1 Å². The number of likely N-dealkylation sites (N-methyl/N-ethyl adjacent to an activating group) is 1. The molecule has 6 heteroatoms. The Morgan fingerprint density at radius 2 is 1.79 bits per heavy atom. The standard InChI is InChI=1S/C22H23ClN2O2.ClH/c1-24-18-7-8-19(24)14-20(13-18)25(17-9-11-21(27-2)12-10-17)22(26)15-3-5-16(23)6-4-15;/h3-6,9-13,18-19H,7-8,14H2,1-2H3;1H/p-1. The number of hydrogen-bond donors (Lipinski definition) is 0. The molecule has 2 unspecified atom stereocenters. The maximum atomic E-state index is 13.4. The van der Waals surface area contributed by atoms with Gasteiger partial charge in [0.15, 0.2) is 0 Å². The van der Waals surface area contributed by atoms with E-state index in [0.717, 1.165) is 30.0 Å². The van der Waals surface area contributed by atoms with Crippen molar-refractivity contribution in [3.05, 3.63) is 70.9 Å². The van der Waals surface area contributed by atoms with Gasteiger partial charge >= 0.3 is 0 Å². The van der Waals surface area contributed by atoms with Crippen LogP contribution in [0.4, 0.5) is 5.69 Å². The average Bonchev–Trinajstić information content (AvgIpc) is 2.90. The monoisotopic (exact) mass is 417 g/mol. The first-order chi connectivity index (χ1) is 13.1. The minimum atomic E-state index is -0.0352. The van der Waals surface area contributed by atoms with E-state index in [1.54, 1.807) is 31.4 Å². The lowest BCUT2D eigenvalue weighted by atomic mass is 10.0. The van der Waals surface area contributed by atoms with Crippen molar-refractivity contribution in [2.75, 3.05) is 19.1 Å². The summed E-state index contributed by atoms with van der Waals surface area (Å²) in [5.74, 6) is 0.738. The molecule has 0 aliphatic carbocycles. The Balaban J connectivity index is 0.00000225. The topological polar surface area (TPSA) is 32.8 Å². The van der Waals surface area contributed by atoms with Gasteiger partial charge in [-0.3, -0.25) is 14.6 Å². The molecule has 148 valence electrons. The van der Waals surface area contributed by atoms with E-state index in [-0.39, 0.29) is 18.3 Å². The Labute approximate surface area is 177 Å². The Kier molecular flexibility index (Phi) is 6.33. The summed E-state index contributed by atoms with van der Waals surface area (Å²) < 4.78 is 5.27. The number of nitrogens with zero attached hydrogens (tertiary/aromatic N) is 2. The quantitative estimate of drug-likeness (QED) is 0.759. The molecule has 2 aliphatic rings. The van der Waals surface area contributed by atoms with E-state index in [1.807, 2.05) is 29.2 Å². The number of carbonyl (C=O) groups excluding carboxylic acids is 1. The molecule has 0 saturated carbocycles. The predicted octanol–water partition coefficient (Wildman–Crippen LogP) is 1.75. The number of hydrogen-bond acceptors (Lipinski definition) is 3. The summed E-state index contributed by atoms with van der Waals surface area (Å²) in [6.45, 7) is 0. The highest BCUT2D eigenvalue weighted by Gasteiger charge is 2.37. The Morgan fingerprint density at radius 1 is 1.11 bits per heavy atom. The van der Waals surface area contributed by atoms with E-state index >= 15 is 0 Å². The van der Waals surface area contributed by atoms with Gasteiger partial charge in [-0.2, -0.15) is 0 Å². The first-order valence-electron chi connectivity index (χ1n) is 9.23. The first kappa shape index (κ1) is 20.7. The molecule has 2 heterocycles. The zero-order valence-electron chi connectivity index (χ0n) is 15.9. The van der Waals surface area contributed by atoms with Crippen molar-refractivity contribution in [2.24, 2.45) is 0 Å². The third-order valence-corrected chi connectivity index (χ3v) is 5.89. The summed E-state index contributed by atoms with van der Waals surface area (Å²) in [5.41, 5.74) is 2.55. The number of carbonyl (C=O) groups is 1. The molecule has 0 N–H and O–H groups in total. The zero-order valence-corrected chi connectivity index (χ0v) is 17.5. The Bertz CT molecular complexity index is 865. The highest BCUT2D eigenvalue weighted by Crippen LogP contribution is 2.37. The van der Waals surface area contributed by atoms with Crippen molar-refractivity contribution in [2.45, 2.75) is 31.3 Å². The molecule has 2 aromatic rings. The molecular weight excluding hydrogens is 395 g/mol. The molecule has 28 heavy (non-hydrogen) atoms. The van der Waals surface area contributed by atoms with Gasteiger partial charge in [0, 0.05) is 40.5 Å². The fraction of sp³-hybridized carbons (Fsp3) is 0.318. The maximum Gasteiger partial charge on any atom is 0.262 e. The number of amides is 1. The third kappa shape index (κ3) is 3.90. The summed E-state index contributed by atoms with van der Waals surface area (Å²) in [4.78, 5) is 17.7. The van der Waals surface area contributed by atoms with Gasteiger partial charge in [0.1, 0.15) is 5.75 Å². The predicted molar refractivity (Wildman–Crippen MR) is 109 cm³/mol. The molecule has 1 saturated heterocycles. The zero-order chi connectivity index (χ0) is 19.0. The van der Waals surface area contributed by atoms with Crippen LogP contribution >= 0.6 is 11.6 Å². The second-order valence-electron chi connectivity index (χ2n) is 7.17. The lowest BCUT2D eigenvalue weighted by molar-refractivity contribution is -0.0000135. The van der Waals surface area contributed by atoms with Crippen molar-refractivity contribution >= 4 is 23.2 Å². The van der Waals surface area contributed by atoms with Crippen LogP contribution in [0.3, 0.4) is 0 Å². The lowest BCUT2D eigenvalue weighted by Crippen LogP contribution is -3.00. The summed E-state index contributed by atoms with van der Waals surface area (Å²) in [6, 6.07) is 15.6. The van der Waals surface area contributed by atoms with Crippen LogP contribution in [-0.4, -0.2) is 37.0 Å². The fourth-order valence-corrected chi connectivity index (χ4v) is 4.18. The van der Waals surface area contributed by atoms with Gasteiger partial charge in [-0.15, -0.1) is 0 Å². The molecule has 2 atom stereocenters. The fourth-order valence-electron chi connectivity index (χ4n) is 4.05. The van der Waals surface area contributed by atoms with E-state index < -0.39 is 0 Å². The van der Waals surface area contributed by atoms with Crippen LogP contribution in [0.2, 0.25) is 5.02 Å². The molecular formula is C22H23Cl2N2O2-. The molecule has 1 amide bonds. The first-order valence-corrected chi connectivity index (χ1v) is 9.61. The largest absolute Gasteiger partial charge is 1.00 e. The van der Waals surface area contributed by atoms with E-state index in [0.29, 0.717) is 22.7 Å². The molecule has 2 aliphatic heterocycles. The van der Waals surface area contributed by atoms with Crippen molar-refractivity contribution in [1.29, 1.82) is 0 Å². The van der Waals surface area contributed by atoms with Crippen LogP contribution < -0.4 is 22.0 Å². The lowest BCUT2D eigenvalue weighted by Gasteiger charge is -2.35. The SMILES string of the molecule is COc1ccc(N(C(=O)c2ccc(Cl)cc2)C2=CC3CCC(C2)N3C)cc1.[Cl-]. The number of benzene rings is 2. The molecule has 0 radical (unpaired) electrons. The molecule has 1 fully saturated rings. The highest BCUT2D eigenvalue weighted by molar-refractivity contribution is 6.30. The second-order valence-corrected chi connectivity index (χ2v) is 7.61. The van der Waals surface area contributed by atoms with Crippen LogP contribution in [0.5, 0.6) is 5.75 Å². The summed E-state index contributed by atoms with van der Waals surface area (Å²) in [6.07, 6.45) is 5.45. The third-order valence-electron chi connectivity index (χ3n) is 5.64. The molecule has 0 spiro atoms.